The van der Waals surface area contributed by atoms with Gasteiger partial charge in [0.25, 0.3) is 0 Å². The number of aldehydes is 1. The fourth-order valence-corrected chi connectivity index (χ4v) is 4.57. The molecule has 0 amide bonds. The average molecular weight is 512 g/mol. The van der Waals surface area contributed by atoms with E-state index in [9.17, 15) is 4.79 Å². The molecule has 0 saturated carbocycles. The van der Waals surface area contributed by atoms with E-state index in [2.05, 4.69) is 0 Å². The van der Waals surface area contributed by atoms with Crippen molar-refractivity contribution in [1.29, 1.82) is 0 Å². The summed E-state index contributed by atoms with van der Waals surface area (Å²) in [6, 6.07) is 20.7. The summed E-state index contributed by atoms with van der Waals surface area (Å²) in [5.41, 5.74) is 10.8. The molecular formula is C26H23Cl2N3O2S. The van der Waals surface area contributed by atoms with E-state index in [0.29, 0.717) is 28.8 Å². The molecule has 1 atom stereocenters. The Bertz CT molecular complexity index is 1260. The van der Waals surface area contributed by atoms with Crippen molar-refractivity contribution >= 4 is 46.0 Å². The van der Waals surface area contributed by atoms with Gasteiger partial charge in [-0.15, -0.1) is 11.3 Å². The minimum atomic E-state index is -0.220. The number of hydrogen-bond acceptors (Lipinski definition) is 6. The highest BCUT2D eigenvalue weighted by molar-refractivity contribution is 7.14. The molecule has 0 spiro atoms. The van der Waals surface area contributed by atoms with Crippen molar-refractivity contribution in [2.24, 2.45) is 5.73 Å². The van der Waals surface area contributed by atoms with Gasteiger partial charge in [0.05, 0.1) is 21.9 Å². The first-order chi connectivity index (χ1) is 16.4. The summed E-state index contributed by atoms with van der Waals surface area (Å²) in [6.07, 6.45) is 0.617. The van der Waals surface area contributed by atoms with Crippen molar-refractivity contribution in [3.05, 3.63) is 98.8 Å². The Labute approximate surface area is 212 Å². The molecule has 1 heterocycles. The maximum atomic E-state index is 10.9. The van der Waals surface area contributed by atoms with Crippen LogP contribution in [0.3, 0.4) is 0 Å². The SMILES string of the molecule is CC(N)N(Cc1ccc(C=O)cc1)c1nc(-c2ccc(OCc3ccc(Cl)c(Cl)c3)cc2)cs1. The zero-order chi connectivity index (χ0) is 24.1. The number of hydrogen-bond donors (Lipinski definition) is 1. The van der Waals surface area contributed by atoms with Gasteiger partial charge in [0.1, 0.15) is 18.6 Å². The highest BCUT2D eigenvalue weighted by Gasteiger charge is 2.16. The van der Waals surface area contributed by atoms with E-state index in [1.54, 1.807) is 35.6 Å². The van der Waals surface area contributed by atoms with Crippen LogP contribution in [0.5, 0.6) is 5.75 Å². The molecule has 1 unspecified atom stereocenters. The van der Waals surface area contributed by atoms with Crippen LogP contribution < -0.4 is 15.4 Å². The Hall–Kier alpha value is -2.90. The molecule has 0 aliphatic heterocycles. The Morgan fingerprint density at radius 3 is 2.38 bits per heavy atom. The van der Waals surface area contributed by atoms with E-state index in [0.717, 1.165) is 39.6 Å². The van der Waals surface area contributed by atoms with Crippen molar-refractivity contribution in [2.45, 2.75) is 26.2 Å². The monoisotopic (exact) mass is 511 g/mol. The second kappa shape index (κ2) is 11.0. The van der Waals surface area contributed by atoms with E-state index < -0.39 is 0 Å². The van der Waals surface area contributed by atoms with Crippen molar-refractivity contribution in [3.63, 3.8) is 0 Å². The van der Waals surface area contributed by atoms with E-state index >= 15 is 0 Å². The number of nitrogens with zero attached hydrogens (tertiary/aromatic N) is 2. The minimum absolute atomic E-state index is 0.220. The molecule has 3 aromatic carbocycles. The molecule has 0 saturated heterocycles. The van der Waals surface area contributed by atoms with E-state index in [1.807, 2.05) is 59.7 Å². The van der Waals surface area contributed by atoms with Gasteiger partial charge in [-0.05, 0) is 54.4 Å². The molecule has 0 aliphatic rings. The Morgan fingerprint density at radius 2 is 1.74 bits per heavy atom. The minimum Gasteiger partial charge on any atom is -0.489 e. The number of aromatic nitrogens is 1. The number of nitrogens with two attached hydrogens (primary N) is 1. The second-order valence-electron chi connectivity index (χ2n) is 7.80. The molecule has 4 aromatic rings. The molecule has 0 fully saturated rings. The largest absolute Gasteiger partial charge is 0.489 e. The van der Waals surface area contributed by atoms with Gasteiger partial charge in [-0.3, -0.25) is 4.79 Å². The van der Waals surface area contributed by atoms with Gasteiger partial charge in [-0.2, -0.15) is 0 Å². The second-order valence-corrected chi connectivity index (χ2v) is 9.46. The fourth-order valence-electron chi connectivity index (χ4n) is 3.33. The molecule has 0 aliphatic carbocycles. The van der Waals surface area contributed by atoms with E-state index in [-0.39, 0.29) is 6.17 Å². The normalized spacial score (nSPS) is 11.8. The number of carbonyl (C=O) groups excluding carboxylic acids is 1. The number of ether oxygens (including phenoxy) is 1. The first-order valence-corrected chi connectivity index (χ1v) is 12.3. The van der Waals surface area contributed by atoms with Crippen LogP contribution in [0.15, 0.2) is 72.1 Å². The van der Waals surface area contributed by atoms with Gasteiger partial charge >= 0.3 is 0 Å². The number of benzene rings is 3. The predicted octanol–water partition coefficient (Wildman–Crippen LogP) is 6.82. The first-order valence-electron chi connectivity index (χ1n) is 10.6. The van der Waals surface area contributed by atoms with Gasteiger partial charge in [0.2, 0.25) is 0 Å². The summed E-state index contributed by atoms with van der Waals surface area (Å²) in [5.74, 6) is 0.751. The lowest BCUT2D eigenvalue weighted by atomic mass is 10.1. The summed E-state index contributed by atoms with van der Waals surface area (Å²) in [5, 5.41) is 3.89. The van der Waals surface area contributed by atoms with Crippen LogP contribution in [0, 0.1) is 0 Å². The van der Waals surface area contributed by atoms with Gasteiger partial charge in [-0.1, -0.05) is 53.5 Å². The lowest BCUT2D eigenvalue weighted by molar-refractivity contribution is 0.112. The van der Waals surface area contributed by atoms with Gasteiger partial charge in [0.15, 0.2) is 5.13 Å². The quantitative estimate of drug-likeness (QED) is 0.197. The summed E-state index contributed by atoms with van der Waals surface area (Å²) in [7, 11) is 0. The maximum absolute atomic E-state index is 10.9. The van der Waals surface area contributed by atoms with Gasteiger partial charge in [0, 0.05) is 23.1 Å². The Kier molecular flexibility index (Phi) is 7.85. The van der Waals surface area contributed by atoms with E-state index in [1.165, 1.54) is 0 Å². The molecule has 34 heavy (non-hydrogen) atoms. The molecule has 0 bridgehead atoms. The van der Waals surface area contributed by atoms with Crippen molar-refractivity contribution in [3.8, 4) is 17.0 Å². The van der Waals surface area contributed by atoms with Crippen molar-refractivity contribution in [2.75, 3.05) is 4.90 Å². The van der Waals surface area contributed by atoms with Crippen molar-refractivity contribution in [1.82, 2.24) is 4.98 Å². The van der Waals surface area contributed by atoms with Crippen LogP contribution >= 0.6 is 34.5 Å². The maximum Gasteiger partial charge on any atom is 0.187 e. The van der Waals surface area contributed by atoms with Gasteiger partial charge in [-0.25, -0.2) is 4.98 Å². The third-order valence-corrected chi connectivity index (χ3v) is 6.85. The zero-order valence-electron chi connectivity index (χ0n) is 18.4. The molecule has 5 nitrogen and oxygen atoms in total. The zero-order valence-corrected chi connectivity index (χ0v) is 20.8. The Morgan fingerprint density at radius 1 is 1.03 bits per heavy atom. The standard InChI is InChI=1S/C26H23Cl2N3O2S/c1-17(29)31(13-18-2-4-19(14-32)5-3-18)26-30-25(16-34-26)21-7-9-22(10-8-21)33-15-20-6-11-23(27)24(28)12-20/h2-12,14,16-17H,13,15,29H2,1H3. The predicted molar refractivity (Wildman–Crippen MR) is 140 cm³/mol. The summed E-state index contributed by atoms with van der Waals surface area (Å²) < 4.78 is 5.87. The topological polar surface area (TPSA) is 68.5 Å². The number of thiazole rings is 1. The lowest BCUT2D eigenvalue weighted by Crippen LogP contribution is -2.39. The number of anilines is 1. The first kappa shape index (κ1) is 24.2. The third-order valence-electron chi connectivity index (χ3n) is 5.24. The molecule has 1 aromatic heterocycles. The van der Waals surface area contributed by atoms with Crippen LogP contribution in [0.4, 0.5) is 5.13 Å². The van der Waals surface area contributed by atoms with Crippen molar-refractivity contribution < 1.29 is 9.53 Å². The van der Waals surface area contributed by atoms with Crippen LogP contribution in [0.1, 0.15) is 28.4 Å². The molecule has 8 heteroatoms. The van der Waals surface area contributed by atoms with E-state index in [4.69, 9.17) is 38.7 Å². The molecule has 4 rings (SSSR count). The molecular weight excluding hydrogens is 489 g/mol. The smallest absolute Gasteiger partial charge is 0.187 e. The van der Waals surface area contributed by atoms with Gasteiger partial charge < -0.3 is 15.4 Å². The highest BCUT2D eigenvalue weighted by atomic mass is 35.5. The third kappa shape index (κ3) is 5.96. The number of rotatable bonds is 9. The van der Waals surface area contributed by atoms with Crippen LogP contribution in [0.2, 0.25) is 10.0 Å². The highest BCUT2D eigenvalue weighted by Crippen LogP contribution is 2.30. The van der Waals surface area contributed by atoms with Crippen LogP contribution in [-0.2, 0) is 13.2 Å². The number of carbonyl (C=O) groups is 1. The average Bonchev–Trinajstić information content (AvgIpc) is 3.33. The molecule has 2 N–H and O–H groups in total. The number of halogens is 2. The molecule has 0 radical (unpaired) electrons. The lowest BCUT2D eigenvalue weighted by Gasteiger charge is -2.26. The summed E-state index contributed by atoms with van der Waals surface area (Å²) >= 11 is 13.6. The van der Waals surface area contributed by atoms with Crippen LogP contribution in [0.25, 0.3) is 11.3 Å². The summed E-state index contributed by atoms with van der Waals surface area (Å²) in [6.45, 7) is 2.93. The Balaban J connectivity index is 1.43. The summed E-state index contributed by atoms with van der Waals surface area (Å²) in [4.78, 5) is 17.8. The van der Waals surface area contributed by atoms with Crippen LogP contribution in [-0.4, -0.2) is 17.4 Å². The fraction of sp³-hybridized carbons (Fsp3) is 0.154. The molecule has 174 valence electrons.